The predicted octanol–water partition coefficient (Wildman–Crippen LogP) is 8.88. The van der Waals surface area contributed by atoms with Crippen LogP contribution in [0.15, 0.2) is 72.8 Å². The highest BCUT2D eigenvalue weighted by Gasteiger charge is 2.40. The van der Waals surface area contributed by atoms with Crippen LogP contribution in [0.5, 0.6) is 11.5 Å². The van der Waals surface area contributed by atoms with Crippen molar-refractivity contribution in [2.45, 2.75) is 71.5 Å². The van der Waals surface area contributed by atoms with E-state index in [1.165, 1.54) is 19.2 Å². The largest absolute Gasteiger partial charge is 0.496 e. The van der Waals surface area contributed by atoms with Crippen molar-refractivity contribution in [3.8, 4) is 11.5 Å². The van der Waals surface area contributed by atoms with Gasteiger partial charge in [-0.3, -0.25) is 14.4 Å². The SMILES string of the molecule is COc1cc(F)c(OC2CCC(C)(C(=O)OCc3cccc4ccccc34)CC2)cc1C(=O)Nc1cc(Cl)ccc1C(=O)NCC1(C)CCC1. The van der Waals surface area contributed by atoms with Gasteiger partial charge >= 0.3 is 5.97 Å². The van der Waals surface area contributed by atoms with Gasteiger partial charge in [-0.15, -0.1) is 0 Å². The number of amides is 2. The quantitative estimate of drug-likeness (QED) is 0.152. The molecule has 2 fully saturated rings. The second kappa shape index (κ2) is 14.7. The first-order valence-corrected chi connectivity index (χ1v) is 17.4. The van der Waals surface area contributed by atoms with Crippen LogP contribution in [-0.4, -0.2) is 37.5 Å². The molecule has 0 aliphatic heterocycles. The molecule has 0 bridgehead atoms. The highest BCUT2D eigenvalue weighted by molar-refractivity contribution is 6.31. The van der Waals surface area contributed by atoms with Gasteiger partial charge in [0.1, 0.15) is 12.4 Å². The minimum Gasteiger partial charge on any atom is -0.496 e. The molecule has 0 heterocycles. The first-order valence-electron chi connectivity index (χ1n) is 17.0. The van der Waals surface area contributed by atoms with Gasteiger partial charge < -0.3 is 24.8 Å². The van der Waals surface area contributed by atoms with E-state index >= 15 is 4.39 Å². The molecule has 6 rings (SSSR count). The number of hydrogen-bond acceptors (Lipinski definition) is 6. The standard InChI is InChI=1S/C40H42ClFN2O6/c1-39(16-7-17-39)24-43-36(45)30-13-12-27(41)20-33(30)44-37(46)31-21-35(32(42)22-34(31)48-3)50-28-14-18-40(2,19-15-28)38(47)49-23-26-10-6-9-25-8-4-5-11-29(25)26/h4-6,8-13,20-22,28H,7,14-19,23-24H2,1-3H3,(H,43,45)(H,44,46). The average Bonchev–Trinajstić information content (AvgIpc) is 3.10. The zero-order valence-electron chi connectivity index (χ0n) is 28.6. The molecule has 2 N–H and O–H groups in total. The molecule has 0 aromatic heterocycles. The molecule has 2 aliphatic rings. The molecular formula is C40H42ClFN2O6. The zero-order chi connectivity index (χ0) is 35.5. The molecule has 2 aliphatic carbocycles. The minimum atomic E-state index is -0.704. The number of benzene rings is 4. The summed E-state index contributed by atoms with van der Waals surface area (Å²) in [6.07, 6.45) is 4.83. The van der Waals surface area contributed by atoms with Gasteiger partial charge in [-0.05, 0) is 91.5 Å². The number of rotatable bonds is 11. The van der Waals surface area contributed by atoms with Crippen LogP contribution in [0, 0.1) is 16.6 Å². The maximum Gasteiger partial charge on any atom is 0.312 e. The molecule has 2 saturated carbocycles. The molecule has 0 unspecified atom stereocenters. The van der Waals surface area contributed by atoms with Gasteiger partial charge in [-0.2, -0.15) is 0 Å². The number of anilines is 1. The Labute approximate surface area is 296 Å². The molecule has 0 saturated heterocycles. The number of methoxy groups -OCH3 is 1. The Hall–Kier alpha value is -4.63. The van der Waals surface area contributed by atoms with Crippen molar-refractivity contribution in [2.75, 3.05) is 19.0 Å². The van der Waals surface area contributed by atoms with Crippen LogP contribution in [-0.2, 0) is 16.1 Å². The van der Waals surface area contributed by atoms with E-state index in [4.69, 9.17) is 25.8 Å². The summed E-state index contributed by atoms with van der Waals surface area (Å²) in [5.41, 5.74) is 0.803. The Morgan fingerprint density at radius 2 is 1.62 bits per heavy atom. The maximum absolute atomic E-state index is 15.3. The Balaban J connectivity index is 1.10. The van der Waals surface area contributed by atoms with Gasteiger partial charge in [0, 0.05) is 17.6 Å². The molecular weight excluding hydrogens is 659 g/mol. The molecule has 0 radical (unpaired) electrons. The average molecular weight is 701 g/mol. The van der Waals surface area contributed by atoms with Crippen molar-refractivity contribution in [2.24, 2.45) is 10.8 Å². The second-order valence-corrected chi connectivity index (χ2v) is 14.5. The first kappa shape index (κ1) is 35.2. The van der Waals surface area contributed by atoms with Gasteiger partial charge in [0.25, 0.3) is 11.8 Å². The van der Waals surface area contributed by atoms with Gasteiger partial charge in [0.2, 0.25) is 0 Å². The number of esters is 1. The lowest BCUT2D eigenvalue weighted by molar-refractivity contribution is -0.159. The van der Waals surface area contributed by atoms with Crippen molar-refractivity contribution < 1.29 is 33.0 Å². The summed E-state index contributed by atoms with van der Waals surface area (Å²) in [6.45, 7) is 4.73. The number of carbonyl (C=O) groups is 3. The van der Waals surface area contributed by atoms with E-state index in [1.54, 1.807) is 12.1 Å². The minimum absolute atomic E-state index is 0.00319. The van der Waals surface area contributed by atoms with Gasteiger partial charge in [-0.1, -0.05) is 67.4 Å². The third-order valence-corrected chi connectivity index (χ3v) is 10.5. The first-order chi connectivity index (χ1) is 24.0. The summed E-state index contributed by atoms with van der Waals surface area (Å²) in [5, 5.41) is 8.20. The van der Waals surface area contributed by atoms with Crippen LogP contribution in [0.3, 0.4) is 0 Å². The second-order valence-electron chi connectivity index (χ2n) is 14.1. The number of nitrogens with one attached hydrogen (secondary N) is 2. The summed E-state index contributed by atoms with van der Waals surface area (Å²) in [7, 11) is 1.34. The lowest BCUT2D eigenvalue weighted by Crippen LogP contribution is -2.40. The van der Waals surface area contributed by atoms with Crippen LogP contribution in [0.25, 0.3) is 10.8 Å². The summed E-state index contributed by atoms with van der Waals surface area (Å²) >= 11 is 6.25. The van der Waals surface area contributed by atoms with E-state index in [9.17, 15) is 14.4 Å². The van der Waals surface area contributed by atoms with Crippen molar-refractivity contribution in [3.05, 3.63) is 100 Å². The van der Waals surface area contributed by atoms with Gasteiger partial charge in [-0.25, -0.2) is 4.39 Å². The van der Waals surface area contributed by atoms with Crippen LogP contribution >= 0.6 is 11.6 Å². The highest BCUT2D eigenvalue weighted by atomic mass is 35.5. The monoisotopic (exact) mass is 700 g/mol. The highest BCUT2D eigenvalue weighted by Crippen LogP contribution is 2.41. The lowest BCUT2D eigenvalue weighted by atomic mass is 9.70. The van der Waals surface area contributed by atoms with Crippen LogP contribution < -0.4 is 20.1 Å². The smallest absolute Gasteiger partial charge is 0.312 e. The summed E-state index contributed by atoms with van der Waals surface area (Å²) < 4.78 is 32.5. The molecule has 0 atom stereocenters. The summed E-state index contributed by atoms with van der Waals surface area (Å²) in [5.74, 6) is -2.02. The molecule has 8 nitrogen and oxygen atoms in total. The molecule has 50 heavy (non-hydrogen) atoms. The molecule has 262 valence electrons. The number of halogens is 2. The number of ether oxygens (including phenoxy) is 3. The lowest BCUT2D eigenvalue weighted by Gasteiger charge is -2.38. The fourth-order valence-electron chi connectivity index (χ4n) is 6.79. The maximum atomic E-state index is 15.3. The Bertz CT molecular complexity index is 1910. The van der Waals surface area contributed by atoms with E-state index in [1.807, 2.05) is 49.4 Å². The van der Waals surface area contributed by atoms with Gasteiger partial charge in [0.15, 0.2) is 11.6 Å². The molecule has 2 amide bonds. The fraction of sp³-hybridized carbons (Fsp3) is 0.375. The van der Waals surface area contributed by atoms with Crippen molar-refractivity contribution in [3.63, 3.8) is 0 Å². The Kier molecular flexibility index (Phi) is 10.3. The van der Waals surface area contributed by atoms with E-state index in [-0.39, 0.29) is 58.3 Å². The van der Waals surface area contributed by atoms with E-state index in [0.29, 0.717) is 37.3 Å². The summed E-state index contributed by atoms with van der Waals surface area (Å²) in [4.78, 5) is 40.0. The van der Waals surface area contributed by atoms with E-state index < -0.39 is 17.1 Å². The van der Waals surface area contributed by atoms with Crippen LogP contribution in [0.1, 0.15) is 85.1 Å². The van der Waals surface area contributed by atoms with Crippen molar-refractivity contribution in [1.29, 1.82) is 0 Å². The molecule has 0 spiro atoms. The Morgan fingerprint density at radius 1 is 0.880 bits per heavy atom. The van der Waals surface area contributed by atoms with E-state index in [0.717, 1.165) is 41.7 Å². The molecule has 4 aromatic rings. The summed E-state index contributed by atoms with van der Waals surface area (Å²) in [6, 6.07) is 21.0. The molecule has 10 heteroatoms. The normalized spacial score (nSPS) is 19.6. The van der Waals surface area contributed by atoms with Gasteiger partial charge in [0.05, 0.1) is 35.4 Å². The third-order valence-electron chi connectivity index (χ3n) is 10.3. The van der Waals surface area contributed by atoms with Crippen LogP contribution in [0.4, 0.5) is 10.1 Å². The number of carbonyl (C=O) groups excluding carboxylic acids is 3. The predicted molar refractivity (Wildman–Crippen MR) is 191 cm³/mol. The topological polar surface area (TPSA) is 103 Å². The fourth-order valence-corrected chi connectivity index (χ4v) is 6.96. The molecule has 4 aromatic carbocycles. The number of fused-ring (bicyclic) bond motifs is 1. The van der Waals surface area contributed by atoms with Crippen molar-refractivity contribution >= 4 is 45.8 Å². The van der Waals surface area contributed by atoms with Crippen LogP contribution in [0.2, 0.25) is 5.02 Å². The zero-order valence-corrected chi connectivity index (χ0v) is 29.3. The number of hydrogen-bond donors (Lipinski definition) is 2. The Morgan fingerprint density at radius 3 is 2.34 bits per heavy atom. The third kappa shape index (κ3) is 7.73. The van der Waals surface area contributed by atoms with Crippen molar-refractivity contribution in [1.82, 2.24) is 5.32 Å². The van der Waals surface area contributed by atoms with E-state index in [2.05, 4.69) is 17.6 Å².